The van der Waals surface area contributed by atoms with Gasteiger partial charge in [0.2, 0.25) is 0 Å². The van der Waals surface area contributed by atoms with Crippen LogP contribution in [0.4, 0.5) is 15.9 Å². The molecule has 0 aliphatic carbocycles. The minimum absolute atomic E-state index is 0.104. The van der Waals surface area contributed by atoms with E-state index in [1.54, 1.807) is 36.4 Å². The van der Waals surface area contributed by atoms with E-state index in [9.17, 15) is 19.1 Å². The number of carboxylic acid groups (broad SMARTS) is 1. The number of aliphatic carboxylic acids is 1. The molecule has 3 N–H and O–H groups in total. The van der Waals surface area contributed by atoms with E-state index in [4.69, 9.17) is 11.6 Å². The van der Waals surface area contributed by atoms with Gasteiger partial charge in [0.05, 0.1) is 12.2 Å². The van der Waals surface area contributed by atoms with Crippen LogP contribution in [0, 0.1) is 5.82 Å². The molecule has 1 aromatic heterocycles. The van der Waals surface area contributed by atoms with Crippen LogP contribution in [0.5, 0.6) is 0 Å². The molecule has 0 fully saturated rings. The summed E-state index contributed by atoms with van der Waals surface area (Å²) >= 11 is 5.85. The van der Waals surface area contributed by atoms with E-state index in [1.165, 1.54) is 29.1 Å². The zero-order valence-corrected chi connectivity index (χ0v) is 15.5. The van der Waals surface area contributed by atoms with E-state index >= 15 is 0 Å². The Kier molecular flexibility index (Phi) is 4.77. The number of hydrogen-bond donors (Lipinski definition) is 3. The molecule has 3 aromatic rings. The van der Waals surface area contributed by atoms with E-state index in [0.29, 0.717) is 16.3 Å². The van der Waals surface area contributed by atoms with Gasteiger partial charge in [-0.3, -0.25) is 4.79 Å². The van der Waals surface area contributed by atoms with Crippen molar-refractivity contribution in [1.29, 1.82) is 0 Å². The van der Waals surface area contributed by atoms with Crippen LogP contribution in [-0.4, -0.2) is 26.8 Å². The van der Waals surface area contributed by atoms with E-state index in [1.807, 2.05) is 0 Å². The Balaban J connectivity index is 1.70. The Labute approximate surface area is 169 Å². The standard InChI is InChI=1S/C20H14ClFN4O3/c21-12-3-7-14(8-4-12)24-19(27)15-10-23-26-17(11-1-5-13(22)6-2-11)9-16(20(28)29)25-18(15)26/h1-10,17,25H,(H,24,27)(H,28,29)/t17-/m1/s1. The number of rotatable bonds is 4. The Morgan fingerprint density at radius 3 is 2.48 bits per heavy atom. The second kappa shape index (κ2) is 7.40. The normalized spacial score (nSPS) is 15.1. The van der Waals surface area contributed by atoms with Gasteiger partial charge < -0.3 is 15.7 Å². The van der Waals surface area contributed by atoms with Gasteiger partial charge in [0, 0.05) is 10.7 Å². The van der Waals surface area contributed by atoms with Crippen LogP contribution in [0.25, 0.3) is 0 Å². The molecule has 9 heteroatoms. The van der Waals surface area contributed by atoms with Gasteiger partial charge >= 0.3 is 5.97 Å². The van der Waals surface area contributed by atoms with E-state index < -0.39 is 23.7 Å². The van der Waals surface area contributed by atoms with Crippen molar-refractivity contribution in [3.8, 4) is 0 Å². The zero-order valence-electron chi connectivity index (χ0n) is 14.8. The first kappa shape index (κ1) is 18.7. The summed E-state index contributed by atoms with van der Waals surface area (Å²) in [4.78, 5) is 24.3. The molecule has 0 saturated heterocycles. The zero-order chi connectivity index (χ0) is 20.5. The van der Waals surface area contributed by atoms with E-state index in [2.05, 4.69) is 15.7 Å². The lowest BCUT2D eigenvalue weighted by Crippen LogP contribution is -2.25. The highest BCUT2D eigenvalue weighted by atomic mass is 35.5. The maximum atomic E-state index is 13.3. The lowest BCUT2D eigenvalue weighted by molar-refractivity contribution is -0.132. The maximum absolute atomic E-state index is 13.3. The lowest BCUT2D eigenvalue weighted by atomic mass is 10.0. The van der Waals surface area contributed by atoms with E-state index in [-0.39, 0.29) is 17.1 Å². The number of benzene rings is 2. The number of amides is 1. The molecule has 2 heterocycles. The molecular formula is C20H14ClFN4O3. The smallest absolute Gasteiger partial charge is 0.352 e. The summed E-state index contributed by atoms with van der Waals surface area (Å²) in [7, 11) is 0. The average Bonchev–Trinajstić information content (AvgIpc) is 3.14. The number of halogens is 2. The molecule has 1 atom stereocenters. The summed E-state index contributed by atoms with van der Waals surface area (Å²) in [6.07, 6.45) is 2.80. The van der Waals surface area contributed by atoms with Crippen molar-refractivity contribution in [2.24, 2.45) is 0 Å². The van der Waals surface area contributed by atoms with Gasteiger partial charge in [-0.25, -0.2) is 13.9 Å². The second-order valence-electron chi connectivity index (χ2n) is 6.32. The first-order valence-corrected chi connectivity index (χ1v) is 8.92. The fraction of sp³-hybridized carbons (Fsp3) is 0.0500. The van der Waals surface area contributed by atoms with Crippen molar-refractivity contribution < 1.29 is 19.1 Å². The molecule has 4 rings (SSSR count). The number of anilines is 2. The summed E-state index contributed by atoms with van der Waals surface area (Å²) < 4.78 is 14.8. The molecule has 0 unspecified atom stereocenters. The second-order valence-corrected chi connectivity index (χ2v) is 6.76. The third kappa shape index (κ3) is 3.70. The highest BCUT2D eigenvalue weighted by Crippen LogP contribution is 2.32. The van der Waals surface area contributed by atoms with Crippen molar-refractivity contribution in [1.82, 2.24) is 9.78 Å². The number of nitrogens with one attached hydrogen (secondary N) is 2. The Bertz CT molecular complexity index is 1120. The highest BCUT2D eigenvalue weighted by molar-refractivity contribution is 6.30. The molecule has 2 aromatic carbocycles. The number of fused-ring (bicyclic) bond motifs is 1. The van der Waals surface area contributed by atoms with Crippen LogP contribution >= 0.6 is 11.6 Å². The van der Waals surface area contributed by atoms with Crippen LogP contribution < -0.4 is 10.6 Å². The average molecular weight is 413 g/mol. The number of hydrogen-bond acceptors (Lipinski definition) is 4. The molecule has 146 valence electrons. The highest BCUT2D eigenvalue weighted by Gasteiger charge is 2.29. The fourth-order valence-corrected chi connectivity index (χ4v) is 3.14. The summed E-state index contributed by atoms with van der Waals surface area (Å²) in [6, 6.07) is 11.6. The van der Waals surface area contributed by atoms with Gasteiger partial charge in [0.1, 0.15) is 22.9 Å². The molecule has 1 aliphatic heterocycles. The van der Waals surface area contributed by atoms with Crippen LogP contribution in [0.15, 0.2) is 66.5 Å². The number of carboxylic acids is 1. The monoisotopic (exact) mass is 412 g/mol. The molecule has 0 spiro atoms. The molecule has 1 amide bonds. The van der Waals surface area contributed by atoms with Crippen molar-refractivity contribution in [3.63, 3.8) is 0 Å². The number of nitrogens with zero attached hydrogens (tertiary/aromatic N) is 2. The maximum Gasteiger partial charge on any atom is 0.352 e. The topological polar surface area (TPSA) is 96.2 Å². The first-order chi connectivity index (χ1) is 13.9. The van der Waals surface area contributed by atoms with Gasteiger partial charge in [-0.15, -0.1) is 0 Å². The summed E-state index contributed by atoms with van der Waals surface area (Å²) in [5.41, 5.74) is 1.21. The third-order valence-electron chi connectivity index (χ3n) is 4.43. The van der Waals surface area contributed by atoms with E-state index in [0.717, 1.165) is 0 Å². The van der Waals surface area contributed by atoms with Crippen molar-refractivity contribution in [2.45, 2.75) is 6.04 Å². The SMILES string of the molecule is O=C(O)C1=C[C@H](c2ccc(F)cc2)n2ncc(C(=O)Nc3ccc(Cl)cc3)c2N1. The Morgan fingerprint density at radius 2 is 1.83 bits per heavy atom. The summed E-state index contributed by atoms with van der Waals surface area (Å²) in [5.74, 6) is -1.83. The molecule has 29 heavy (non-hydrogen) atoms. The third-order valence-corrected chi connectivity index (χ3v) is 4.68. The summed E-state index contributed by atoms with van der Waals surface area (Å²) in [6.45, 7) is 0. The van der Waals surface area contributed by atoms with Crippen molar-refractivity contribution >= 4 is 35.0 Å². The molecule has 7 nitrogen and oxygen atoms in total. The first-order valence-electron chi connectivity index (χ1n) is 8.54. The quantitative estimate of drug-likeness (QED) is 0.603. The van der Waals surface area contributed by atoms with Crippen LogP contribution in [0.3, 0.4) is 0 Å². The van der Waals surface area contributed by atoms with Crippen LogP contribution in [0.1, 0.15) is 22.0 Å². The Hall–Kier alpha value is -3.65. The lowest BCUT2D eigenvalue weighted by Gasteiger charge is -2.24. The number of carbonyl (C=O) groups is 2. The van der Waals surface area contributed by atoms with Crippen LogP contribution in [-0.2, 0) is 4.79 Å². The Morgan fingerprint density at radius 1 is 1.14 bits per heavy atom. The molecular weight excluding hydrogens is 399 g/mol. The fourth-order valence-electron chi connectivity index (χ4n) is 3.02. The van der Waals surface area contributed by atoms with Gasteiger partial charge in [-0.1, -0.05) is 23.7 Å². The molecule has 0 saturated carbocycles. The molecule has 0 radical (unpaired) electrons. The summed E-state index contributed by atoms with van der Waals surface area (Å²) in [5, 5.41) is 19.7. The molecule has 1 aliphatic rings. The number of allylic oxidation sites excluding steroid dienone is 1. The van der Waals surface area contributed by atoms with Gasteiger partial charge in [0.25, 0.3) is 5.91 Å². The number of aromatic nitrogens is 2. The van der Waals surface area contributed by atoms with Gasteiger partial charge in [-0.05, 0) is 48.0 Å². The van der Waals surface area contributed by atoms with Crippen LogP contribution in [0.2, 0.25) is 5.02 Å². The van der Waals surface area contributed by atoms with Gasteiger partial charge in [0.15, 0.2) is 0 Å². The van der Waals surface area contributed by atoms with Crippen molar-refractivity contribution in [3.05, 3.63) is 88.5 Å². The minimum Gasteiger partial charge on any atom is -0.477 e. The van der Waals surface area contributed by atoms with Gasteiger partial charge in [-0.2, -0.15) is 5.10 Å². The minimum atomic E-state index is -1.19. The number of carbonyl (C=O) groups excluding carboxylic acids is 1. The largest absolute Gasteiger partial charge is 0.477 e. The predicted molar refractivity (Wildman–Crippen MR) is 106 cm³/mol. The van der Waals surface area contributed by atoms with Crippen molar-refractivity contribution in [2.75, 3.05) is 10.6 Å². The predicted octanol–water partition coefficient (Wildman–Crippen LogP) is 3.91. The molecule has 0 bridgehead atoms.